The minimum atomic E-state index is -3.85. The van der Waals surface area contributed by atoms with E-state index in [1.165, 1.54) is 38.4 Å². The molecule has 0 aliphatic carbocycles. The van der Waals surface area contributed by atoms with Crippen molar-refractivity contribution in [3.8, 4) is 5.75 Å². The lowest BCUT2D eigenvalue weighted by molar-refractivity contribution is 0.0468. The summed E-state index contributed by atoms with van der Waals surface area (Å²) in [4.78, 5) is 12.2. The van der Waals surface area contributed by atoms with Crippen molar-refractivity contribution in [3.05, 3.63) is 64.1 Å². The van der Waals surface area contributed by atoms with E-state index in [0.717, 1.165) is 15.8 Å². The number of nitrogens with zero attached hydrogens (tertiary/aromatic N) is 3. The molecular weight excluding hydrogens is 438 g/mol. The quantitative estimate of drug-likeness (QED) is 0.505. The summed E-state index contributed by atoms with van der Waals surface area (Å²) in [7, 11) is -0.955. The molecule has 0 fully saturated rings. The van der Waals surface area contributed by atoms with Crippen molar-refractivity contribution in [1.29, 1.82) is 0 Å². The molecule has 152 valence electrons. The standard InChI is InChI=1S/C18H16ClN3O5S2/c1-22(15-5-3-4-6-16(15)26-2)29(24,25)13-9-7-12(8-10-13)18(23)27-11-14-17(19)28-21-20-14/h3-10H,11H2,1-2H3. The normalized spacial score (nSPS) is 11.1. The van der Waals surface area contributed by atoms with Gasteiger partial charge in [0.1, 0.15) is 22.4 Å². The van der Waals surface area contributed by atoms with E-state index in [-0.39, 0.29) is 17.1 Å². The van der Waals surface area contributed by atoms with Gasteiger partial charge in [0.25, 0.3) is 10.0 Å². The summed E-state index contributed by atoms with van der Waals surface area (Å²) in [5.41, 5.74) is 0.957. The Kier molecular flexibility index (Phi) is 6.36. The van der Waals surface area contributed by atoms with Crippen molar-refractivity contribution in [2.45, 2.75) is 11.5 Å². The molecule has 11 heteroatoms. The van der Waals surface area contributed by atoms with E-state index in [1.54, 1.807) is 24.3 Å². The van der Waals surface area contributed by atoms with Gasteiger partial charge in [0, 0.05) is 18.6 Å². The number of hydrogen-bond donors (Lipinski definition) is 0. The molecule has 0 spiro atoms. The van der Waals surface area contributed by atoms with Crippen LogP contribution in [0.3, 0.4) is 0 Å². The molecule has 0 unspecified atom stereocenters. The Labute approximate surface area is 176 Å². The fraction of sp³-hybridized carbons (Fsp3) is 0.167. The zero-order valence-corrected chi connectivity index (χ0v) is 17.8. The second-order valence-electron chi connectivity index (χ2n) is 5.74. The third kappa shape index (κ3) is 4.50. The Morgan fingerprint density at radius 3 is 2.48 bits per heavy atom. The number of benzene rings is 2. The van der Waals surface area contributed by atoms with Gasteiger partial charge in [-0.3, -0.25) is 4.31 Å². The van der Waals surface area contributed by atoms with Gasteiger partial charge >= 0.3 is 5.97 Å². The van der Waals surface area contributed by atoms with Crippen LogP contribution in [0.1, 0.15) is 16.1 Å². The van der Waals surface area contributed by atoms with Gasteiger partial charge in [-0.1, -0.05) is 28.2 Å². The number of halogens is 1. The number of para-hydroxylation sites is 2. The summed E-state index contributed by atoms with van der Waals surface area (Å²) in [6.07, 6.45) is 0. The van der Waals surface area contributed by atoms with Crippen LogP contribution in [-0.2, 0) is 21.4 Å². The van der Waals surface area contributed by atoms with Crippen LogP contribution in [-0.4, -0.2) is 38.1 Å². The van der Waals surface area contributed by atoms with E-state index in [4.69, 9.17) is 21.1 Å². The lowest BCUT2D eigenvalue weighted by atomic mass is 10.2. The molecule has 1 heterocycles. The number of rotatable bonds is 7. The maximum Gasteiger partial charge on any atom is 0.338 e. The summed E-state index contributed by atoms with van der Waals surface area (Å²) in [5, 5.41) is 3.75. The van der Waals surface area contributed by atoms with E-state index in [2.05, 4.69) is 9.59 Å². The predicted molar refractivity (Wildman–Crippen MR) is 109 cm³/mol. The van der Waals surface area contributed by atoms with Crippen LogP contribution in [0.5, 0.6) is 5.75 Å². The molecule has 2 aromatic carbocycles. The zero-order chi connectivity index (χ0) is 21.0. The average Bonchev–Trinajstić information content (AvgIpc) is 3.16. The van der Waals surface area contributed by atoms with Gasteiger partial charge in [-0.25, -0.2) is 13.2 Å². The molecule has 0 radical (unpaired) electrons. The molecule has 0 atom stereocenters. The van der Waals surface area contributed by atoms with E-state index in [9.17, 15) is 13.2 Å². The number of aromatic nitrogens is 2. The van der Waals surface area contributed by atoms with Crippen molar-refractivity contribution in [3.63, 3.8) is 0 Å². The summed E-state index contributed by atoms with van der Waals surface area (Å²) < 4.78 is 41.3. The highest BCUT2D eigenvalue weighted by molar-refractivity contribution is 7.92. The summed E-state index contributed by atoms with van der Waals surface area (Å²) >= 11 is 6.86. The van der Waals surface area contributed by atoms with Crippen molar-refractivity contribution in [2.24, 2.45) is 0 Å². The fourth-order valence-corrected chi connectivity index (χ4v) is 4.25. The first-order chi connectivity index (χ1) is 13.8. The Bertz CT molecular complexity index is 1120. The van der Waals surface area contributed by atoms with Crippen LogP contribution in [0.15, 0.2) is 53.4 Å². The van der Waals surface area contributed by atoms with Crippen molar-refractivity contribution in [2.75, 3.05) is 18.5 Å². The summed E-state index contributed by atoms with van der Waals surface area (Å²) in [5.74, 6) is -0.204. The molecule has 0 saturated heterocycles. The van der Waals surface area contributed by atoms with Crippen LogP contribution in [0, 0.1) is 0 Å². The van der Waals surface area contributed by atoms with Crippen LogP contribution >= 0.6 is 23.1 Å². The zero-order valence-electron chi connectivity index (χ0n) is 15.4. The smallest absolute Gasteiger partial charge is 0.338 e. The molecule has 3 rings (SSSR count). The van der Waals surface area contributed by atoms with Crippen LogP contribution in [0.4, 0.5) is 5.69 Å². The van der Waals surface area contributed by atoms with Crippen LogP contribution in [0.25, 0.3) is 0 Å². The number of anilines is 1. The highest BCUT2D eigenvalue weighted by atomic mass is 35.5. The maximum absolute atomic E-state index is 12.9. The second-order valence-corrected chi connectivity index (χ2v) is 9.06. The Morgan fingerprint density at radius 2 is 1.86 bits per heavy atom. The topological polar surface area (TPSA) is 98.7 Å². The number of sulfonamides is 1. The number of carbonyl (C=O) groups is 1. The van der Waals surface area contributed by atoms with E-state index in [0.29, 0.717) is 21.5 Å². The Hall–Kier alpha value is -2.69. The monoisotopic (exact) mass is 453 g/mol. The third-order valence-corrected chi connectivity index (χ3v) is 6.79. The molecule has 29 heavy (non-hydrogen) atoms. The Morgan fingerprint density at radius 1 is 1.17 bits per heavy atom. The number of carbonyl (C=O) groups excluding carboxylic acids is 1. The number of hydrogen-bond acceptors (Lipinski definition) is 8. The first-order valence-electron chi connectivity index (χ1n) is 8.20. The molecule has 3 aromatic rings. The van der Waals surface area contributed by atoms with Gasteiger partial charge in [0.2, 0.25) is 0 Å². The first kappa shape index (κ1) is 21.0. The van der Waals surface area contributed by atoms with Gasteiger partial charge in [-0.15, -0.1) is 5.10 Å². The minimum absolute atomic E-state index is 0.0224. The Balaban J connectivity index is 1.76. The lowest BCUT2D eigenvalue weighted by Crippen LogP contribution is -2.27. The molecule has 8 nitrogen and oxygen atoms in total. The maximum atomic E-state index is 12.9. The van der Waals surface area contributed by atoms with Crippen LogP contribution < -0.4 is 9.04 Å². The fourth-order valence-electron chi connectivity index (χ4n) is 2.44. The highest BCUT2D eigenvalue weighted by Gasteiger charge is 2.24. The molecule has 0 saturated carbocycles. The number of esters is 1. The molecule has 1 aromatic heterocycles. The average molecular weight is 454 g/mol. The van der Waals surface area contributed by atoms with Crippen molar-refractivity contribution < 1.29 is 22.7 Å². The molecule has 0 aliphatic heterocycles. The van der Waals surface area contributed by atoms with Gasteiger partial charge in [0.15, 0.2) is 0 Å². The SMILES string of the molecule is COc1ccccc1N(C)S(=O)(=O)c1ccc(C(=O)OCc2nnsc2Cl)cc1. The van der Waals surface area contributed by atoms with Crippen LogP contribution in [0.2, 0.25) is 4.34 Å². The number of methoxy groups -OCH3 is 1. The second kappa shape index (κ2) is 8.76. The number of ether oxygens (including phenoxy) is 2. The minimum Gasteiger partial charge on any atom is -0.495 e. The van der Waals surface area contributed by atoms with Crippen molar-refractivity contribution in [1.82, 2.24) is 9.59 Å². The summed E-state index contributed by atoms with van der Waals surface area (Å²) in [6.45, 7) is -0.120. The van der Waals surface area contributed by atoms with E-state index < -0.39 is 16.0 Å². The highest BCUT2D eigenvalue weighted by Crippen LogP contribution is 2.31. The molecular formula is C18H16ClN3O5S2. The molecule has 0 bridgehead atoms. The van der Waals surface area contributed by atoms with Gasteiger partial charge in [0.05, 0.1) is 23.3 Å². The lowest BCUT2D eigenvalue weighted by Gasteiger charge is -2.21. The van der Waals surface area contributed by atoms with Gasteiger partial charge < -0.3 is 9.47 Å². The predicted octanol–water partition coefficient (Wildman–Crippen LogP) is 3.38. The van der Waals surface area contributed by atoms with Gasteiger partial charge in [-0.05, 0) is 36.4 Å². The van der Waals surface area contributed by atoms with Gasteiger partial charge in [-0.2, -0.15) is 0 Å². The first-order valence-corrected chi connectivity index (χ1v) is 10.8. The molecule has 0 N–H and O–H groups in total. The third-order valence-electron chi connectivity index (χ3n) is 4.02. The van der Waals surface area contributed by atoms with E-state index in [1.807, 2.05) is 0 Å². The largest absolute Gasteiger partial charge is 0.495 e. The van der Waals surface area contributed by atoms with E-state index >= 15 is 0 Å². The molecule has 0 amide bonds. The molecule has 0 aliphatic rings. The summed E-state index contributed by atoms with van der Waals surface area (Å²) in [6, 6.07) is 12.2. The van der Waals surface area contributed by atoms with Crippen molar-refractivity contribution >= 4 is 44.8 Å².